The lowest BCUT2D eigenvalue weighted by molar-refractivity contribution is -0.120. The van der Waals surface area contributed by atoms with Crippen molar-refractivity contribution in [1.29, 1.82) is 0 Å². The summed E-state index contributed by atoms with van der Waals surface area (Å²) in [6, 6.07) is 12.5. The van der Waals surface area contributed by atoms with E-state index in [1.165, 1.54) is 14.1 Å². The highest BCUT2D eigenvalue weighted by molar-refractivity contribution is 7.89. The van der Waals surface area contributed by atoms with Crippen molar-refractivity contribution >= 4 is 26.7 Å². The number of rotatable bonds is 4. The quantitative estimate of drug-likeness (QED) is 0.921. The second-order valence-corrected chi connectivity index (χ2v) is 6.49. The van der Waals surface area contributed by atoms with E-state index >= 15 is 0 Å². The minimum Gasteiger partial charge on any atom is -0.358 e. The van der Waals surface area contributed by atoms with Crippen LogP contribution in [0.3, 0.4) is 0 Å². The first-order chi connectivity index (χ1) is 9.45. The standard InChI is InChI=1S/C14H16N2O3S/c1-15-14(17)10-16(2)20(18,19)13-8-7-11-5-3-4-6-12(11)9-13/h3-9H,10H2,1-2H3,(H,15,17). The van der Waals surface area contributed by atoms with Crippen LogP contribution in [0.1, 0.15) is 0 Å². The predicted octanol–water partition coefficient (Wildman–Crippen LogP) is 1.21. The number of hydrogen-bond donors (Lipinski definition) is 1. The maximum atomic E-state index is 12.4. The molecule has 1 N–H and O–H groups in total. The van der Waals surface area contributed by atoms with Gasteiger partial charge < -0.3 is 5.32 Å². The molecule has 5 nitrogen and oxygen atoms in total. The van der Waals surface area contributed by atoms with Gasteiger partial charge in [0.15, 0.2) is 0 Å². The van der Waals surface area contributed by atoms with E-state index in [0.717, 1.165) is 15.1 Å². The Morgan fingerprint density at radius 2 is 1.80 bits per heavy atom. The van der Waals surface area contributed by atoms with Crippen molar-refractivity contribution in [3.05, 3.63) is 42.5 Å². The minimum atomic E-state index is -3.66. The lowest BCUT2D eigenvalue weighted by atomic mass is 10.1. The number of likely N-dealkylation sites (N-methyl/N-ethyl adjacent to an activating group) is 2. The number of sulfonamides is 1. The highest BCUT2D eigenvalue weighted by atomic mass is 32.2. The Morgan fingerprint density at radius 1 is 1.15 bits per heavy atom. The molecule has 20 heavy (non-hydrogen) atoms. The number of fused-ring (bicyclic) bond motifs is 1. The smallest absolute Gasteiger partial charge is 0.243 e. The number of nitrogens with one attached hydrogen (secondary N) is 1. The Hall–Kier alpha value is -1.92. The first kappa shape index (κ1) is 14.5. The van der Waals surface area contributed by atoms with Gasteiger partial charge in [0.05, 0.1) is 11.4 Å². The van der Waals surface area contributed by atoms with Gasteiger partial charge in [0.1, 0.15) is 0 Å². The van der Waals surface area contributed by atoms with E-state index in [-0.39, 0.29) is 17.3 Å². The lowest BCUT2D eigenvalue weighted by Crippen LogP contribution is -2.36. The number of carbonyl (C=O) groups is 1. The van der Waals surface area contributed by atoms with Crippen molar-refractivity contribution in [1.82, 2.24) is 9.62 Å². The molecule has 0 fully saturated rings. The molecule has 2 aromatic carbocycles. The number of nitrogens with zero attached hydrogens (tertiary/aromatic N) is 1. The van der Waals surface area contributed by atoms with Gasteiger partial charge in [-0.15, -0.1) is 0 Å². The molecule has 0 bridgehead atoms. The summed E-state index contributed by atoms with van der Waals surface area (Å²) in [6.45, 7) is -0.203. The Labute approximate surface area is 118 Å². The average molecular weight is 292 g/mol. The van der Waals surface area contributed by atoms with E-state index < -0.39 is 10.0 Å². The highest BCUT2D eigenvalue weighted by Gasteiger charge is 2.22. The van der Waals surface area contributed by atoms with Crippen LogP contribution in [0.15, 0.2) is 47.4 Å². The van der Waals surface area contributed by atoms with Crippen LogP contribution in [0.4, 0.5) is 0 Å². The van der Waals surface area contributed by atoms with E-state index in [0.29, 0.717) is 0 Å². The largest absolute Gasteiger partial charge is 0.358 e. The molecule has 1 amide bonds. The summed E-state index contributed by atoms with van der Waals surface area (Å²) in [4.78, 5) is 11.5. The van der Waals surface area contributed by atoms with Crippen LogP contribution in [0.5, 0.6) is 0 Å². The Balaban J connectivity index is 2.38. The van der Waals surface area contributed by atoms with Crippen molar-refractivity contribution in [2.24, 2.45) is 0 Å². The summed E-state index contributed by atoms with van der Waals surface area (Å²) in [5.41, 5.74) is 0. The molecule has 0 aliphatic carbocycles. The summed E-state index contributed by atoms with van der Waals surface area (Å²) in [5, 5.41) is 4.23. The van der Waals surface area contributed by atoms with Crippen molar-refractivity contribution in [3.8, 4) is 0 Å². The molecule has 6 heteroatoms. The Morgan fingerprint density at radius 3 is 2.45 bits per heavy atom. The molecular formula is C14H16N2O3S. The van der Waals surface area contributed by atoms with Crippen LogP contribution in [0.2, 0.25) is 0 Å². The second kappa shape index (κ2) is 5.60. The molecule has 0 unspecified atom stereocenters. The van der Waals surface area contributed by atoms with Gasteiger partial charge in [-0.05, 0) is 22.9 Å². The molecule has 0 saturated heterocycles. The van der Waals surface area contributed by atoms with Crippen molar-refractivity contribution in [2.45, 2.75) is 4.90 Å². The molecule has 106 valence electrons. The molecule has 0 aromatic heterocycles. The molecule has 2 rings (SSSR count). The molecule has 0 aliphatic heterocycles. The molecule has 2 aromatic rings. The summed E-state index contributed by atoms with van der Waals surface area (Å²) >= 11 is 0. The summed E-state index contributed by atoms with van der Waals surface area (Å²) in [7, 11) is -0.803. The first-order valence-electron chi connectivity index (χ1n) is 6.11. The van der Waals surface area contributed by atoms with Gasteiger partial charge in [0.2, 0.25) is 15.9 Å². The number of carbonyl (C=O) groups excluding carboxylic acids is 1. The molecule has 0 spiro atoms. The summed E-state index contributed by atoms with van der Waals surface area (Å²) in [5.74, 6) is -0.350. The zero-order valence-corrected chi connectivity index (χ0v) is 12.1. The number of benzene rings is 2. The maximum absolute atomic E-state index is 12.4. The highest BCUT2D eigenvalue weighted by Crippen LogP contribution is 2.21. The summed E-state index contributed by atoms with van der Waals surface area (Å²) in [6.07, 6.45) is 0. The van der Waals surface area contributed by atoms with Crippen LogP contribution in [0, 0.1) is 0 Å². The molecule has 0 aliphatic rings. The normalized spacial score (nSPS) is 11.8. The van der Waals surface area contributed by atoms with E-state index in [1.807, 2.05) is 24.3 Å². The number of hydrogen-bond acceptors (Lipinski definition) is 3. The zero-order valence-electron chi connectivity index (χ0n) is 11.3. The van der Waals surface area contributed by atoms with Crippen LogP contribution >= 0.6 is 0 Å². The van der Waals surface area contributed by atoms with Gasteiger partial charge in [0.25, 0.3) is 0 Å². The third-order valence-corrected chi connectivity index (χ3v) is 4.87. The van der Waals surface area contributed by atoms with Gasteiger partial charge in [0, 0.05) is 14.1 Å². The van der Waals surface area contributed by atoms with Crippen molar-refractivity contribution in [3.63, 3.8) is 0 Å². The van der Waals surface area contributed by atoms with Gasteiger partial charge in [-0.3, -0.25) is 4.79 Å². The fourth-order valence-corrected chi connectivity index (χ4v) is 3.04. The van der Waals surface area contributed by atoms with E-state index in [1.54, 1.807) is 18.2 Å². The average Bonchev–Trinajstić information content (AvgIpc) is 2.46. The monoisotopic (exact) mass is 292 g/mol. The van der Waals surface area contributed by atoms with E-state index in [9.17, 15) is 13.2 Å². The second-order valence-electron chi connectivity index (χ2n) is 4.44. The number of amides is 1. The van der Waals surface area contributed by atoms with Crippen molar-refractivity contribution < 1.29 is 13.2 Å². The summed E-state index contributed by atoms with van der Waals surface area (Å²) < 4.78 is 25.8. The SMILES string of the molecule is CNC(=O)CN(C)S(=O)(=O)c1ccc2ccccc2c1. The topological polar surface area (TPSA) is 66.5 Å². The molecule has 0 radical (unpaired) electrons. The van der Waals surface area contributed by atoms with Gasteiger partial charge >= 0.3 is 0 Å². The lowest BCUT2D eigenvalue weighted by Gasteiger charge is -2.16. The molecule has 0 atom stereocenters. The van der Waals surface area contributed by atoms with Gasteiger partial charge in [-0.25, -0.2) is 8.42 Å². The third-order valence-electron chi connectivity index (χ3n) is 3.07. The Kier molecular flexibility index (Phi) is 4.06. The van der Waals surface area contributed by atoms with E-state index in [2.05, 4.69) is 5.32 Å². The van der Waals surface area contributed by atoms with Gasteiger partial charge in [-0.2, -0.15) is 4.31 Å². The van der Waals surface area contributed by atoms with Gasteiger partial charge in [-0.1, -0.05) is 30.3 Å². The molecular weight excluding hydrogens is 276 g/mol. The third kappa shape index (κ3) is 2.81. The van der Waals surface area contributed by atoms with E-state index in [4.69, 9.17) is 0 Å². The fraction of sp³-hybridized carbons (Fsp3) is 0.214. The minimum absolute atomic E-state index is 0.183. The van der Waals surface area contributed by atoms with Crippen molar-refractivity contribution in [2.75, 3.05) is 20.6 Å². The van der Waals surface area contributed by atoms with Crippen LogP contribution in [-0.2, 0) is 14.8 Å². The molecule has 0 saturated carbocycles. The predicted molar refractivity (Wildman–Crippen MR) is 77.8 cm³/mol. The van der Waals surface area contributed by atoms with Crippen LogP contribution in [-0.4, -0.2) is 39.3 Å². The zero-order chi connectivity index (χ0) is 14.8. The maximum Gasteiger partial charge on any atom is 0.243 e. The fourth-order valence-electron chi connectivity index (χ4n) is 1.87. The van der Waals surface area contributed by atoms with Crippen LogP contribution in [0.25, 0.3) is 10.8 Å². The van der Waals surface area contributed by atoms with Crippen LogP contribution < -0.4 is 5.32 Å². The Bertz CT molecular complexity index is 741. The first-order valence-corrected chi connectivity index (χ1v) is 7.55. The molecule has 0 heterocycles.